The maximum Gasteiger partial charge on any atom is 0.225 e. The van der Waals surface area contributed by atoms with E-state index in [1.807, 2.05) is 6.07 Å². The maximum atomic E-state index is 13.4. The van der Waals surface area contributed by atoms with Crippen LogP contribution in [0.3, 0.4) is 0 Å². The SMILES string of the molecule is CC(C)c1[nH]nc2c(NCc3cccc(F)c3)nc(NCCCN)nc12. The summed E-state index contributed by atoms with van der Waals surface area (Å²) >= 11 is 0. The van der Waals surface area contributed by atoms with Crippen LogP contribution in [0.2, 0.25) is 0 Å². The molecular formula is C18H24FN7. The number of rotatable bonds is 8. The Morgan fingerprint density at radius 1 is 1.19 bits per heavy atom. The second-order valence-corrected chi connectivity index (χ2v) is 6.44. The summed E-state index contributed by atoms with van der Waals surface area (Å²) in [5.74, 6) is 1.12. The van der Waals surface area contributed by atoms with Crippen molar-refractivity contribution in [2.45, 2.75) is 32.7 Å². The molecule has 0 radical (unpaired) electrons. The van der Waals surface area contributed by atoms with Gasteiger partial charge in [-0.05, 0) is 36.6 Å². The minimum atomic E-state index is -0.261. The number of nitrogens with zero attached hydrogens (tertiary/aromatic N) is 3. The number of aromatic amines is 1. The van der Waals surface area contributed by atoms with E-state index in [9.17, 15) is 4.39 Å². The monoisotopic (exact) mass is 357 g/mol. The van der Waals surface area contributed by atoms with E-state index >= 15 is 0 Å². The number of fused-ring (bicyclic) bond motifs is 1. The predicted molar refractivity (Wildman–Crippen MR) is 102 cm³/mol. The fourth-order valence-electron chi connectivity index (χ4n) is 2.66. The molecule has 0 bridgehead atoms. The number of halogens is 1. The number of benzene rings is 1. The molecule has 0 saturated carbocycles. The lowest BCUT2D eigenvalue weighted by atomic mass is 10.1. The van der Waals surface area contributed by atoms with Crippen molar-refractivity contribution >= 4 is 22.8 Å². The number of nitrogens with two attached hydrogens (primary N) is 1. The van der Waals surface area contributed by atoms with Crippen molar-refractivity contribution in [1.29, 1.82) is 0 Å². The van der Waals surface area contributed by atoms with E-state index in [0.717, 1.165) is 23.2 Å². The fourth-order valence-corrected chi connectivity index (χ4v) is 2.66. The number of anilines is 2. The first-order valence-corrected chi connectivity index (χ1v) is 8.76. The Labute approximate surface area is 151 Å². The predicted octanol–water partition coefficient (Wildman–Crippen LogP) is 2.99. The molecule has 8 heteroatoms. The first-order chi connectivity index (χ1) is 12.6. The number of hydrogen-bond donors (Lipinski definition) is 4. The smallest absolute Gasteiger partial charge is 0.225 e. The molecule has 0 spiro atoms. The molecule has 138 valence electrons. The van der Waals surface area contributed by atoms with Gasteiger partial charge in [0.1, 0.15) is 11.3 Å². The van der Waals surface area contributed by atoms with Crippen molar-refractivity contribution in [2.75, 3.05) is 23.7 Å². The van der Waals surface area contributed by atoms with Gasteiger partial charge in [0, 0.05) is 13.1 Å². The molecule has 3 aromatic rings. The first-order valence-electron chi connectivity index (χ1n) is 8.76. The van der Waals surface area contributed by atoms with Crippen LogP contribution in [-0.4, -0.2) is 33.3 Å². The van der Waals surface area contributed by atoms with Crippen molar-refractivity contribution in [3.8, 4) is 0 Å². The average molecular weight is 357 g/mol. The van der Waals surface area contributed by atoms with Crippen molar-refractivity contribution in [3.05, 3.63) is 41.3 Å². The molecule has 7 nitrogen and oxygen atoms in total. The molecule has 0 fully saturated rings. The van der Waals surface area contributed by atoms with Crippen LogP contribution in [0.5, 0.6) is 0 Å². The molecule has 0 aliphatic heterocycles. The Morgan fingerprint density at radius 2 is 2.04 bits per heavy atom. The van der Waals surface area contributed by atoms with Crippen LogP contribution in [0.1, 0.15) is 37.4 Å². The van der Waals surface area contributed by atoms with Gasteiger partial charge in [0.25, 0.3) is 0 Å². The Hall–Kier alpha value is -2.74. The summed E-state index contributed by atoms with van der Waals surface area (Å²) in [5, 5.41) is 13.9. The van der Waals surface area contributed by atoms with Crippen LogP contribution < -0.4 is 16.4 Å². The van der Waals surface area contributed by atoms with Gasteiger partial charge in [-0.15, -0.1) is 0 Å². The molecule has 0 aliphatic rings. The van der Waals surface area contributed by atoms with Gasteiger partial charge >= 0.3 is 0 Å². The van der Waals surface area contributed by atoms with Crippen molar-refractivity contribution in [1.82, 2.24) is 20.2 Å². The van der Waals surface area contributed by atoms with Gasteiger partial charge in [-0.3, -0.25) is 5.10 Å². The minimum absolute atomic E-state index is 0.253. The third kappa shape index (κ3) is 4.08. The lowest BCUT2D eigenvalue weighted by Crippen LogP contribution is -2.12. The van der Waals surface area contributed by atoms with Crippen LogP contribution in [0.15, 0.2) is 24.3 Å². The van der Waals surface area contributed by atoms with E-state index in [2.05, 4.69) is 44.6 Å². The largest absolute Gasteiger partial charge is 0.364 e. The minimum Gasteiger partial charge on any atom is -0.364 e. The first kappa shape index (κ1) is 18.1. The van der Waals surface area contributed by atoms with Crippen LogP contribution in [0.25, 0.3) is 11.0 Å². The summed E-state index contributed by atoms with van der Waals surface area (Å²) in [7, 11) is 0. The molecule has 26 heavy (non-hydrogen) atoms. The van der Waals surface area contributed by atoms with Crippen molar-refractivity contribution < 1.29 is 4.39 Å². The van der Waals surface area contributed by atoms with Crippen LogP contribution in [-0.2, 0) is 6.54 Å². The van der Waals surface area contributed by atoms with E-state index in [1.165, 1.54) is 12.1 Å². The normalized spacial score (nSPS) is 11.3. The summed E-state index contributed by atoms with van der Waals surface area (Å²) in [4.78, 5) is 9.13. The quantitative estimate of drug-likeness (QED) is 0.462. The molecule has 1 aromatic carbocycles. The average Bonchev–Trinajstić information content (AvgIpc) is 3.04. The van der Waals surface area contributed by atoms with Gasteiger partial charge < -0.3 is 16.4 Å². The summed E-state index contributed by atoms with van der Waals surface area (Å²) < 4.78 is 13.4. The van der Waals surface area contributed by atoms with E-state index in [-0.39, 0.29) is 11.7 Å². The van der Waals surface area contributed by atoms with Gasteiger partial charge in [0.2, 0.25) is 5.95 Å². The number of nitrogens with one attached hydrogen (secondary N) is 3. The highest BCUT2D eigenvalue weighted by molar-refractivity contribution is 5.88. The number of H-pyrrole nitrogens is 1. The number of aromatic nitrogens is 4. The molecule has 0 unspecified atom stereocenters. The van der Waals surface area contributed by atoms with Gasteiger partial charge in [0.05, 0.1) is 5.69 Å². The van der Waals surface area contributed by atoms with Crippen LogP contribution in [0, 0.1) is 5.82 Å². The van der Waals surface area contributed by atoms with Gasteiger partial charge in [-0.1, -0.05) is 26.0 Å². The second-order valence-electron chi connectivity index (χ2n) is 6.44. The van der Waals surface area contributed by atoms with Crippen molar-refractivity contribution in [3.63, 3.8) is 0 Å². The third-order valence-electron chi connectivity index (χ3n) is 4.02. The highest BCUT2D eigenvalue weighted by Gasteiger charge is 2.16. The molecule has 2 heterocycles. The molecule has 0 saturated heterocycles. The van der Waals surface area contributed by atoms with Gasteiger partial charge in [-0.25, -0.2) is 9.37 Å². The molecule has 0 amide bonds. The molecule has 0 atom stereocenters. The lowest BCUT2D eigenvalue weighted by Gasteiger charge is -2.10. The van der Waals surface area contributed by atoms with Gasteiger partial charge in [-0.2, -0.15) is 10.1 Å². The second kappa shape index (κ2) is 8.09. The summed E-state index contributed by atoms with van der Waals surface area (Å²) in [6, 6.07) is 6.47. The molecule has 5 N–H and O–H groups in total. The standard InChI is InChI=1S/C18H24FN7/c1-11(2)14-15-16(26-25-14)17(24-18(23-15)21-8-4-7-20)22-10-12-5-3-6-13(19)9-12/h3,5-6,9,11H,4,7-8,10,20H2,1-2H3,(H,25,26)(H2,21,22,23,24). The van der Waals surface area contributed by atoms with E-state index in [4.69, 9.17) is 5.73 Å². The zero-order valence-corrected chi connectivity index (χ0v) is 15.0. The van der Waals surface area contributed by atoms with Gasteiger partial charge in [0.15, 0.2) is 11.3 Å². The zero-order valence-electron chi connectivity index (χ0n) is 15.0. The van der Waals surface area contributed by atoms with E-state index in [0.29, 0.717) is 36.9 Å². The van der Waals surface area contributed by atoms with Crippen LogP contribution in [0.4, 0.5) is 16.2 Å². The highest BCUT2D eigenvalue weighted by atomic mass is 19.1. The third-order valence-corrected chi connectivity index (χ3v) is 4.02. The number of hydrogen-bond acceptors (Lipinski definition) is 6. The van der Waals surface area contributed by atoms with E-state index in [1.54, 1.807) is 6.07 Å². The summed E-state index contributed by atoms with van der Waals surface area (Å²) in [5.41, 5.74) is 8.79. The topological polar surface area (TPSA) is 105 Å². The lowest BCUT2D eigenvalue weighted by molar-refractivity contribution is 0.626. The fraction of sp³-hybridized carbons (Fsp3) is 0.389. The van der Waals surface area contributed by atoms with Crippen LogP contribution >= 0.6 is 0 Å². The Bertz CT molecular complexity index is 875. The highest BCUT2D eigenvalue weighted by Crippen LogP contribution is 2.27. The molecule has 2 aromatic heterocycles. The van der Waals surface area contributed by atoms with E-state index < -0.39 is 0 Å². The molecule has 3 rings (SSSR count). The Morgan fingerprint density at radius 3 is 2.77 bits per heavy atom. The summed E-state index contributed by atoms with van der Waals surface area (Å²) in [6.07, 6.45) is 0.829. The molecular weight excluding hydrogens is 333 g/mol. The molecule has 0 aliphatic carbocycles. The zero-order chi connectivity index (χ0) is 18.5. The maximum absolute atomic E-state index is 13.4. The Balaban J connectivity index is 1.90. The van der Waals surface area contributed by atoms with Crippen molar-refractivity contribution in [2.24, 2.45) is 5.73 Å². The Kier molecular flexibility index (Phi) is 5.62. The summed E-state index contributed by atoms with van der Waals surface area (Å²) in [6.45, 7) is 5.89.